The lowest BCUT2D eigenvalue weighted by molar-refractivity contribution is 0.0754. The third-order valence-electron chi connectivity index (χ3n) is 4.35. The zero-order valence-electron chi connectivity index (χ0n) is 12.9. The molecule has 2 heterocycles. The number of hydrogen-bond donors (Lipinski definition) is 0. The molecular weight excluding hydrogens is 268 g/mol. The van der Waals surface area contributed by atoms with E-state index >= 15 is 0 Å². The number of carbonyl (C=O) groups is 1. The molecule has 1 saturated carbocycles. The van der Waals surface area contributed by atoms with Crippen molar-refractivity contribution in [2.75, 3.05) is 39.8 Å². The average Bonchev–Trinajstić information content (AvgIpc) is 3.25. The summed E-state index contributed by atoms with van der Waals surface area (Å²) in [6.07, 6.45) is 3.81. The minimum Gasteiger partial charge on any atom is -0.481 e. The van der Waals surface area contributed by atoms with Gasteiger partial charge in [0.05, 0.1) is 7.11 Å². The van der Waals surface area contributed by atoms with Crippen LogP contribution in [0.25, 0.3) is 0 Å². The molecule has 0 radical (unpaired) electrons. The Morgan fingerprint density at radius 2 is 2.14 bits per heavy atom. The molecule has 2 fully saturated rings. The number of aromatic nitrogens is 2. The summed E-state index contributed by atoms with van der Waals surface area (Å²) in [5.74, 6) is 1.54. The number of rotatable bonds is 4. The second kappa shape index (κ2) is 6.05. The van der Waals surface area contributed by atoms with Crippen molar-refractivity contribution in [3.05, 3.63) is 11.8 Å². The van der Waals surface area contributed by atoms with Gasteiger partial charge >= 0.3 is 0 Å². The predicted octanol–water partition coefficient (Wildman–Crippen LogP) is 0.987. The molecule has 6 nitrogen and oxygen atoms in total. The second-order valence-corrected chi connectivity index (χ2v) is 6.09. The molecule has 0 bridgehead atoms. The maximum atomic E-state index is 12.6. The van der Waals surface area contributed by atoms with Gasteiger partial charge in [0.2, 0.25) is 5.88 Å². The van der Waals surface area contributed by atoms with E-state index in [1.165, 1.54) is 19.4 Å². The highest BCUT2D eigenvalue weighted by Crippen LogP contribution is 2.30. The monoisotopic (exact) mass is 292 g/mol. The molecule has 0 spiro atoms. The predicted molar refractivity (Wildman–Crippen MR) is 79.4 cm³/mol. The summed E-state index contributed by atoms with van der Waals surface area (Å²) in [6, 6.07) is 1.72. The Morgan fingerprint density at radius 3 is 2.81 bits per heavy atom. The van der Waals surface area contributed by atoms with E-state index in [9.17, 15) is 4.79 Å². The first-order chi connectivity index (χ1) is 10.2. The number of carbonyl (C=O) groups excluding carboxylic acids is 1. The van der Waals surface area contributed by atoms with Crippen molar-refractivity contribution in [3.63, 3.8) is 0 Å². The number of amides is 1. The van der Waals surface area contributed by atoms with Gasteiger partial charge in [-0.3, -0.25) is 4.79 Å². The van der Waals surface area contributed by atoms with Crippen molar-refractivity contribution in [2.45, 2.75) is 19.3 Å². The van der Waals surface area contributed by atoms with Crippen molar-refractivity contribution < 1.29 is 9.53 Å². The molecule has 1 saturated heterocycles. The number of nitrogens with zero attached hydrogens (tertiary/aromatic N) is 4. The van der Waals surface area contributed by atoms with Crippen LogP contribution in [-0.2, 0) is 7.05 Å². The summed E-state index contributed by atoms with van der Waals surface area (Å²) in [4.78, 5) is 17.0. The van der Waals surface area contributed by atoms with Gasteiger partial charge in [-0.15, -0.1) is 0 Å². The van der Waals surface area contributed by atoms with Crippen molar-refractivity contribution in [1.82, 2.24) is 19.6 Å². The molecule has 2 aliphatic rings. The normalized spacial score (nSPS) is 20.4. The number of methoxy groups -OCH3 is 1. The van der Waals surface area contributed by atoms with E-state index in [1.807, 2.05) is 4.90 Å². The van der Waals surface area contributed by atoms with Crippen molar-refractivity contribution in [1.29, 1.82) is 0 Å². The molecule has 0 N–H and O–H groups in total. The summed E-state index contributed by atoms with van der Waals surface area (Å²) in [7, 11) is 3.38. The maximum Gasteiger partial charge on any atom is 0.274 e. The second-order valence-electron chi connectivity index (χ2n) is 6.09. The lowest BCUT2D eigenvalue weighted by atomic mass is 10.3. The highest BCUT2D eigenvalue weighted by atomic mass is 16.5. The first-order valence-electron chi connectivity index (χ1n) is 7.77. The highest BCUT2D eigenvalue weighted by molar-refractivity contribution is 5.92. The van der Waals surface area contributed by atoms with Gasteiger partial charge in [-0.05, 0) is 31.7 Å². The van der Waals surface area contributed by atoms with Crippen LogP contribution in [0.4, 0.5) is 0 Å². The van der Waals surface area contributed by atoms with Crippen LogP contribution in [-0.4, -0.2) is 65.3 Å². The quantitative estimate of drug-likeness (QED) is 0.830. The average molecular weight is 292 g/mol. The third kappa shape index (κ3) is 3.37. The lowest BCUT2D eigenvalue weighted by Crippen LogP contribution is -2.36. The Balaban J connectivity index is 1.61. The van der Waals surface area contributed by atoms with Crippen LogP contribution in [0.5, 0.6) is 5.88 Å². The minimum atomic E-state index is 0.0159. The zero-order chi connectivity index (χ0) is 14.8. The van der Waals surface area contributed by atoms with Crippen LogP contribution in [0.15, 0.2) is 6.07 Å². The SMILES string of the molecule is COc1cc(C(=O)N2CCCN(CC3CC3)CC2)nn1C. The van der Waals surface area contributed by atoms with Crippen LogP contribution >= 0.6 is 0 Å². The van der Waals surface area contributed by atoms with E-state index in [-0.39, 0.29) is 5.91 Å². The Labute approximate surface area is 125 Å². The molecule has 116 valence electrons. The topological polar surface area (TPSA) is 50.6 Å². The molecule has 0 atom stereocenters. The standard InChI is InChI=1S/C15H24N4O2/c1-17-14(21-2)10-13(16-17)15(20)19-7-3-6-18(8-9-19)11-12-4-5-12/h10,12H,3-9,11H2,1-2H3. The Kier molecular flexibility index (Phi) is 4.14. The van der Waals surface area contributed by atoms with Gasteiger partial charge in [0, 0.05) is 39.3 Å². The van der Waals surface area contributed by atoms with E-state index < -0.39 is 0 Å². The summed E-state index contributed by atoms with van der Waals surface area (Å²) in [5.41, 5.74) is 0.477. The molecule has 1 aliphatic carbocycles. The van der Waals surface area contributed by atoms with E-state index in [1.54, 1.807) is 24.9 Å². The van der Waals surface area contributed by atoms with Crippen LogP contribution in [0.1, 0.15) is 29.8 Å². The fourth-order valence-electron chi connectivity index (χ4n) is 2.93. The summed E-state index contributed by atoms with van der Waals surface area (Å²) < 4.78 is 6.78. The first-order valence-corrected chi connectivity index (χ1v) is 7.77. The number of ether oxygens (including phenoxy) is 1. The van der Waals surface area contributed by atoms with Gasteiger partial charge in [0.15, 0.2) is 5.69 Å². The van der Waals surface area contributed by atoms with E-state index in [2.05, 4.69) is 10.00 Å². The van der Waals surface area contributed by atoms with Gasteiger partial charge in [0.25, 0.3) is 5.91 Å². The molecule has 1 aliphatic heterocycles. The number of aryl methyl sites for hydroxylation is 1. The van der Waals surface area contributed by atoms with Crippen LogP contribution in [0.3, 0.4) is 0 Å². The summed E-state index contributed by atoms with van der Waals surface area (Å²) in [6.45, 7) is 4.90. The van der Waals surface area contributed by atoms with Crippen molar-refractivity contribution >= 4 is 5.91 Å². The summed E-state index contributed by atoms with van der Waals surface area (Å²) in [5, 5.41) is 4.25. The van der Waals surface area contributed by atoms with Crippen LogP contribution in [0.2, 0.25) is 0 Å². The lowest BCUT2D eigenvalue weighted by Gasteiger charge is -2.21. The fraction of sp³-hybridized carbons (Fsp3) is 0.733. The van der Waals surface area contributed by atoms with Gasteiger partial charge in [-0.1, -0.05) is 0 Å². The summed E-state index contributed by atoms with van der Waals surface area (Å²) >= 11 is 0. The molecule has 1 amide bonds. The van der Waals surface area contributed by atoms with Gasteiger partial charge < -0.3 is 14.5 Å². The molecule has 21 heavy (non-hydrogen) atoms. The van der Waals surface area contributed by atoms with Crippen LogP contribution < -0.4 is 4.74 Å². The molecule has 0 unspecified atom stereocenters. The fourth-order valence-corrected chi connectivity index (χ4v) is 2.93. The highest BCUT2D eigenvalue weighted by Gasteiger charge is 2.27. The van der Waals surface area contributed by atoms with Gasteiger partial charge in [0.1, 0.15) is 0 Å². The van der Waals surface area contributed by atoms with Gasteiger partial charge in [-0.2, -0.15) is 5.10 Å². The van der Waals surface area contributed by atoms with Crippen molar-refractivity contribution in [3.8, 4) is 5.88 Å². The maximum absolute atomic E-state index is 12.6. The molecule has 1 aromatic heterocycles. The van der Waals surface area contributed by atoms with E-state index in [0.29, 0.717) is 11.6 Å². The Morgan fingerprint density at radius 1 is 1.33 bits per heavy atom. The molecule has 0 aromatic carbocycles. The first kappa shape index (κ1) is 14.4. The Bertz CT molecular complexity index is 510. The minimum absolute atomic E-state index is 0.0159. The third-order valence-corrected chi connectivity index (χ3v) is 4.35. The Hall–Kier alpha value is -1.56. The smallest absolute Gasteiger partial charge is 0.274 e. The van der Waals surface area contributed by atoms with Crippen molar-refractivity contribution in [2.24, 2.45) is 13.0 Å². The van der Waals surface area contributed by atoms with E-state index in [0.717, 1.165) is 38.5 Å². The largest absolute Gasteiger partial charge is 0.481 e. The molecule has 3 rings (SSSR count). The van der Waals surface area contributed by atoms with Crippen LogP contribution in [0, 0.1) is 5.92 Å². The molecule has 1 aromatic rings. The van der Waals surface area contributed by atoms with E-state index in [4.69, 9.17) is 4.74 Å². The molecule has 6 heteroatoms. The number of hydrogen-bond acceptors (Lipinski definition) is 4. The molecular formula is C15H24N4O2. The van der Waals surface area contributed by atoms with Gasteiger partial charge in [-0.25, -0.2) is 4.68 Å². The zero-order valence-corrected chi connectivity index (χ0v) is 12.9.